The maximum absolute atomic E-state index is 12.4. The van der Waals surface area contributed by atoms with Gasteiger partial charge in [-0.25, -0.2) is 0 Å². The number of unbranched alkanes of at least 4 members (excludes halogenated alkanes) is 5. The van der Waals surface area contributed by atoms with Gasteiger partial charge in [-0.1, -0.05) is 69.6 Å². The Bertz CT molecular complexity index is 681. The standard InChI is InChI=1S/C28H49NO8/c1-3-5-7-8-9-10-11-12-13-14-16-17-22(31)21(29-24(32)18-15-6-4-2)20-36-28-27(35)26(34)25(33)23(19-30)37-28/h7-8,11-12,16-17,21-23,25-28,30-31,33-35H,3-6,9-10,13-15,18-20H2,1-2H3,(H,29,32)/b8-7+,12-11+,17-16+. The molecular weight excluding hydrogens is 478 g/mol. The number of allylic oxidation sites excluding steroid dienone is 5. The van der Waals surface area contributed by atoms with E-state index in [-0.39, 0.29) is 12.5 Å². The lowest BCUT2D eigenvalue weighted by Crippen LogP contribution is -2.60. The molecule has 1 saturated heterocycles. The van der Waals surface area contributed by atoms with Crippen molar-refractivity contribution in [2.45, 2.75) is 121 Å². The van der Waals surface area contributed by atoms with Crippen LogP contribution in [0.25, 0.3) is 0 Å². The lowest BCUT2D eigenvalue weighted by molar-refractivity contribution is -0.302. The molecule has 214 valence electrons. The number of amides is 1. The van der Waals surface area contributed by atoms with Crippen LogP contribution in [-0.4, -0.2) is 87.5 Å². The minimum Gasteiger partial charge on any atom is -0.394 e. The minimum absolute atomic E-state index is 0.209. The summed E-state index contributed by atoms with van der Waals surface area (Å²) in [6, 6.07) is -0.816. The van der Waals surface area contributed by atoms with Crippen LogP contribution in [0.15, 0.2) is 36.5 Å². The van der Waals surface area contributed by atoms with Gasteiger partial charge in [-0.15, -0.1) is 0 Å². The van der Waals surface area contributed by atoms with E-state index in [2.05, 4.69) is 36.5 Å². The van der Waals surface area contributed by atoms with Crippen LogP contribution in [-0.2, 0) is 14.3 Å². The fourth-order valence-electron chi connectivity index (χ4n) is 3.84. The van der Waals surface area contributed by atoms with Crippen molar-refractivity contribution in [3.05, 3.63) is 36.5 Å². The molecule has 0 bridgehead atoms. The number of rotatable bonds is 19. The Hall–Kier alpha value is -1.59. The average molecular weight is 528 g/mol. The van der Waals surface area contributed by atoms with Crippen molar-refractivity contribution in [1.29, 1.82) is 0 Å². The van der Waals surface area contributed by atoms with Crippen molar-refractivity contribution in [3.8, 4) is 0 Å². The van der Waals surface area contributed by atoms with Gasteiger partial charge in [0.05, 0.1) is 25.4 Å². The molecule has 7 atom stereocenters. The topological polar surface area (TPSA) is 149 Å². The summed E-state index contributed by atoms with van der Waals surface area (Å²) >= 11 is 0. The van der Waals surface area contributed by atoms with Gasteiger partial charge in [0.25, 0.3) is 0 Å². The maximum Gasteiger partial charge on any atom is 0.220 e. The molecule has 0 saturated carbocycles. The SMILES string of the molecule is CCC/C=C/CC/C=C/CC/C=C/C(O)C(COC1OC(CO)C(O)C(O)C1O)NC(=O)CCCCC. The highest BCUT2D eigenvalue weighted by atomic mass is 16.7. The summed E-state index contributed by atoms with van der Waals surface area (Å²) < 4.78 is 10.9. The molecule has 1 rings (SSSR count). The average Bonchev–Trinajstić information content (AvgIpc) is 2.89. The first kappa shape index (κ1) is 33.4. The molecule has 6 N–H and O–H groups in total. The van der Waals surface area contributed by atoms with E-state index in [0.29, 0.717) is 6.42 Å². The summed E-state index contributed by atoms with van der Waals surface area (Å²) in [5, 5.41) is 53.0. The highest BCUT2D eigenvalue weighted by Crippen LogP contribution is 2.22. The van der Waals surface area contributed by atoms with Gasteiger partial charge >= 0.3 is 0 Å². The molecule has 1 heterocycles. The minimum atomic E-state index is -1.57. The van der Waals surface area contributed by atoms with E-state index >= 15 is 0 Å². The van der Waals surface area contributed by atoms with Crippen molar-refractivity contribution in [3.63, 3.8) is 0 Å². The number of nitrogens with one attached hydrogen (secondary N) is 1. The summed E-state index contributed by atoms with van der Waals surface area (Å²) in [6.07, 6.45) is 12.8. The summed E-state index contributed by atoms with van der Waals surface area (Å²) in [7, 11) is 0. The second-order valence-electron chi connectivity index (χ2n) is 9.47. The summed E-state index contributed by atoms with van der Waals surface area (Å²) in [4.78, 5) is 12.4. The molecule has 7 unspecified atom stereocenters. The monoisotopic (exact) mass is 527 g/mol. The highest BCUT2D eigenvalue weighted by molar-refractivity contribution is 5.76. The van der Waals surface area contributed by atoms with Crippen LogP contribution in [0.1, 0.15) is 78.1 Å². The Morgan fingerprint density at radius 2 is 1.51 bits per heavy atom. The third-order valence-electron chi connectivity index (χ3n) is 6.18. The number of hydrogen-bond donors (Lipinski definition) is 6. The lowest BCUT2D eigenvalue weighted by Gasteiger charge is -2.40. The van der Waals surface area contributed by atoms with E-state index < -0.39 is 49.5 Å². The molecule has 0 aromatic carbocycles. The number of carbonyl (C=O) groups excluding carboxylic acids is 1. The molecule has 1 amide bonds. The molecular formula is C28H49NO8. The molecule has 0 radical (unpaired) electrons. The van der Waals surface area contributed by atoms with Crippen LogP contribution in [0.3, 0.4) is 0 Å². The quantitative estimate of drug-likeness (QED) is 0.111. The molecule has 37 heavy (non-hydrogen) atoms. The first-order valence-corrected chi connectivity index (χ1v) is 13.7. The first-order valence-electron chi connectivity index (χ1n) is 13.7. The zero-order valence-electron chi connectivity index (χ0n) is 22.5. The molecule has 0 aliphatic carbocycles. The van der Waals surface area contributed by atoms with Crippen molar-refractivity contribution in [2.75, 3.05) is 13.2 Å². The summed E-state index contributed by atoms with van der Waals surface area (Å²) in [5.74, 6) is -0.223. The van der Waals surface area contributed by atoms with E-state index in [9.17, 15) is 30.3 Å². The molecule has 1 aliphatic rings. The molecule has 0 aromatic heterocycles. The van der Waals surface area contributed by atoms with E-state index in [4.69, 9.17) is 9.47 Å². The van der Waals surface area contributed by atoms with Gasteiger partial charge in [0, 0.05) is 6.42 Å². The number of carbonyl (C=O) groups is 1. The fourth-order valence-corrected chi connectivity index (χ4v) is 3.84. The van der Waals surface area contributed by atoms with E-state index in [1.54, 1.807) is 6.08 Å². The van der Waals surface area contributed by atoms with Gasteiger partial charge in [-0.2, -0.15) is 0 Å². The zero-order valence-corrected chi connectivity index (χ0v) is 22.5. The van der Waals surface area contributed by atoms with Gasteiger partial charge in [0.1, 0.15) is 24.4 Å². The van der Waals surface area contributed by atoms with Gasteiger partial charge < -0.3 is 40.3 Å². The zero-order chi connectivity index (χ0) is 27.5. The van der Waals surface area contributed by atoms with Crippen molar-refractivity contribution in [1.82, 2.24) is 5.32 Å². The molecule has 9 nitrogen and oxygen atoms in total. The van der Waals surface area contributed by atoms with Crippen LogP contribution in [0.5, 0.6) is 0 Å². The van der Waals surface area contributed by atoms with Crippen LogP contribution in [0.2, 0.25) is 0 Å². The van der Waals surface area contributed by atoms with Crippen LogP contribution < -0.4 is 5.32 Å². The summed E-state index contributed by atoms with van der Waals surface area (Å²) in [5.41, 5.74) is 0. The van der Waals surface area contributed by atoms with E-state index in [1.807, 2.05) is 13.0 Å². The number of aliphatic hydroxyl groups is 5. The Balaban J connectivity index is 2.62. The largest absolute Gasteiger partial charge is 0.394 e. The Kier molecular flexibility index (Phi) is 18.4. The van der Waals surface area contributed by atoms with Gasteiger partial charge in [-0.3, -0.25) is 4.79 Å². The predicted molar refractivity (Wildman–Crippen MR) is 143 cm³/mol. The van der Waals surface area contributed by atoms with Crippen molar-refractivity contribution in [2.24, 2.45) is 0 Å². The van der Waals surface area contributed by atoms with Crippen molar-refractivity contribution >= 4 is 5.91 Å². The number of aliphatic hydroxyl groups excluding tert-OH is 5. The Morgan fingerprint density at radius 3 is 2.11 bits per heavy atom. The number of ether oxygens (including phenoxy) is 2. The van der Waals surface area contributed by atoms with E-state index in [1.165, 1.54) is 0 Å². The van der Waals surface area contributed by atoms with Gasteiger partial charge in [0.15, 0.2) is 6.29 Å². The Labute approximate surface area is 221 Å². The van der Waals surface area contributed by atoms with Crippen molar-refractivity contribution < 1.29 is 39.8 Å². The summed E-state index contributed by atoms with van der Waals surface area (Å²) in [6.45, 7) is 3.42. The third kappa shape index (κ3) is 13.7. The highest BCUT2D eigenvalue weighted by Gasteiger charge is 2.44. The second-order valence-corrected chi connectivity index (χ2v) is 9.47. The lowest BCUT2D eigenvalue weighted by atomic mass is 9.99. The van der Waals surface area contributed by atoms with Gasteiger partial charge in [0.2, 0.25) is 5.91 Å². The van der Waals surface area contributed by atoms with Crippen LogP contribution >= 0.6 is 0 Å². The molecule has 1 aliphatic heterocycles. The van der Waals surface area contributed by atoms with Crippen LogP contribution in [0, 0.1) is 0 Å². The van der Waals surface area contributed by atoms with Crippen LogP contribution in [0.4, 0.5) is 0 Å². The maximum atomic E-state index is 12.4. The van der Waals surface area contributed by atoms with Gasteiger partial charge in [-0.05, 0) is 38.5 Å². The molecule has 0 aromatic rings. The fraction of sp³-hybridized carbons (Fsp3) is 0.750. The molecule has 9 heteroatoms. The molecule has 1 fully saturated rings. The first-order chi connectivity index (χ1) is 17.8. The second kappa shape index (κ2) is 20.4. The number of hydrogen-bond acceptors (Lipinski definition) is 8. The predicted octanol–water partition coefficient (Wildman–Crippen LogP) is 2.26. The van der Waals surface area contributed by atoms with E-state index in [0.717, 1.165) is 57.8 Å². The normalized spacial score (nSPS) is 26.3. The Morgan fingerprint density at radius 1 is 0.892 bits per heavy atom. The molecule has 0 spiro atoms. The third-order valence-corrected chi connectivity index (χ3v) is 6.18. The smallest absolute Gasteiger partial charge is 0.220 e.